The average Bonchev–Trinajstić information content (AvgIpc) is 2.99. The summed E-state index contributed by atoms with van der Waals surface area (Å²) in [5.41, 5.74) is 8.92. The van der Waals surface area contributed by atoms with Gasteiger partial charge >= 0.3 is 0 Å². The van der Waals surface area contributed by atoms with Gasteiger partial charge in [-0.05, 0) is 12.1 Å². The molecule has 0 aliphatic heterocycles. The Morgan fingerprint density at radius 1 is 1.52 bits per heavy atom. The molecule has 2 rings (SSSR count). The fourth-order valence-electron chi connectivity index (χ4n) is 1.62. The molecular formula is C14H17N3O3S. The van der Waals surface area contributed by atoms with Crippen molar-refractivity contribution in [3.63, 3.8) is 0 Å². The molecule has 1 unspecified atom stereocenters. The fourth-order valence-corrected chi connectivity index (χ4v) is 2.16. The van der Waals surface area contributed by atoms with Gasteiger partial charge in [-0.25, -0.2) is 4.98 Å². The molecule has 3 N–H and O–H groups in total. The van der Waals surface area contributed by atoms with Gasteiger partial charge in [0.1, 0.15) is 18.4 Å². The van der Waals surface area contributed by atoms with Crippen molar-refractivity contribution in [1.82, 2.24) is 4.98 Å². The van der Waals surface area contributed by atoms with Crippen LogP contribution in [0, 0.1) is 0 Å². The van der Waals surface area contributed by atoms with Crippen LogP contribution in [-0.4, -0.2) is 30.6 Å². The molecule has 0 fully saturated rings. The van der Waals surface area contributed by atoms with Crippen molar-refractivity contribution in [2.45, 2.75) is 12.6 Å². The van der Waals surface area contributed by atoms with Gasteiger partial charge in [-0.15, -0.1) is 11.3 Å². The lowest BCUT2D eigenvalue weighted by Gasteiger charge is -2.12. The van der Waals surface area contributed by atoms with E-state index in [0.717, 1.165) is 5.69 Å². The molecule has 21 heavy (non-hydrogen) atoms. The molecule has 0 aliphatic rings. The second-order valence-electron chi connectivity index (χ2n) is 4.35. The number of methoxy groups -OCH3 is 1. The van der Waals surface area contributed by atoms with Gasteiger partial charge in [0, 0.05) is 24.2 Å². The van der Waals surface area contributed by atoms with Gasteiger partial charge in [-0.3, -0.25) is 4.79 Å². The van der Waals surface area contributed by atoms with Gasteiger partial charge in [-0.2, -0.15) is 0 Å². The van der Waals surface area contributed by atoms with Gasteiger partial charge < -0.3 is 20.5 Å². The van der Waals surface area contributed by atoms with Gasteiger partial charge in [-0.1, -0.05) is 6.07 Å². The number of hydrogen-bond donors (Lipinski definition) is 2. The Balaban J connectivity index is 1.92. The smallest absolute Gasteiger partial charge is 0.243 e. The molecule has 0 radical (unpaired) electrons. The van der Waals surface area contributed by atoms with Crippen molar-refractivity contribution in [3.8, 4) is 5.75 Å². The number of amides is 1. The van der Waals surface area contributed by atoms with Gasteiger partial charge in [0.2, 0.25) is 5.91 Å². The van der Waals surface area contributed by atoms with Crippen LogP contribution in [0.4, 0.5) is 5.69 Å². The van der Waals surface area contributed by atoms with Crippen LogP contribution in [0.3, 0.4) is 0 Å². The van der Waals surface area contributed by atoms with Crippen molar-refractivity contribution in [1.29, 1.82) is 0 Å². The Morgan fingerprint density at radius 3 is 3.10 bits per heavy atom. The molecule has 1 atom stereocenters. The summed E-state index contributed by atoms with van der Waals surface area (Å²) in [6, 6.07) is 6.43. The monoisotopic (exact) mass is 307 g/mol. The van der Waals surface area contributed by atoms with Gasteiger partial charge in [0.15, 0.2) is 0 Å². The molecule has 1 amide bonds. The minimum absolute atomic E-state index is 0.172. The van der Waals surface area contributed by atoms with E-state index in [9.17, 15) is 4.79 Å². The number of nitrogens with two attached hydrogens (primary N) is 1. The Hall–Kier alpha value is -1.96. The van der Waals surface area contributed by atoms with E-state index in [1.54, 1.807) is 23.7 Å². The number of benzene rings is 1. The Kier molecular flexibility index (Phi) is 5.68. The Bertz CT molecular complexity index is 575. The molecule has 0 spiro atoms. The molecule has 0 saturated carbocycles. The maximum atomic E-state index is 11.8. The topological polar surface area (TPSA) is 86.5 Å². The van der Waals surface area contributed by atoms with E-state index in [1.165, 1.54) is 18.4 Å². The highest BCUT2D eigenvalue weighted by Gasteiger charge is 2.13. The molecule has 7 heteroatoms. The highest BCUT2D eigenvalue weighted by molar-refractivity contribution is 7.07. The third-order valence-corrected chi connectivity index (χ3v) is 3.29. The molecule has 1 heterocycles. The number of rotatable bonds is 7. The molecule has 1 aromatic heterocycles. The minimum Gasteiger partial charge on any atom is -0.487 e. The van der Waals surface area contributed by atoms with Crippen LogP contribution >= 0.6 is 11.3 Å². The maximum Gasteiger partial charge on any atom is 0.243 e. The summed E-state index contributed by atoms with van der Waals surface area (Å²) in [6.45, 7) is 0.565. The summed E-state index contributed by atoms with van der Waals surface area (Å²) in [5.74, 6) is 0.356. The number of anilines is 1. The number of ether oxygens (including phenoxy) is 2. The van der Waals surface area contributed by atoms with E-state index in [4.69, 9.17) is 15.2 Å². The van der Waals surface area contributed by atoms with E-state index in [1.807, 2.05) is 11.4 Å². The predicted octanol–water partition coefficient (Wildman–Crippen LogP) is 1.63. The zero-order chi connectivity index (χ0) is 15.1. The molecule has 0 aliphatic carbocycles. The minimum atomic E-state index is -0.699. The molecule has 112 valence electrons. The summed E-state index contributed by atoms with van der Waals surface area (Å²) < 4.78 is 10.5. The highest BCUT2D eigenvalue weighted by atomic mass is 32.1. The van der Waals surface area contributed by atoms with Crippen LogP contribution < -0.4 is 15.8 Å². The lowest BCUT2D eigenvalue weighted by molar-refractivity contribution is -0.118. The van der Waals surface area contributed by atoms with E-state index < -0.39 is 6.04 Å². The van der Waals surface area contributed by atoms with Crippen LogP contribution in [0.5, 0.6) is 5.75 Å². The number of carbonyl (C=O) groups excluding carboxylic acids is 1. The first-order valence-corrected chi connectivity index (χ1v) is 7.28. The zero-order valence-corrected chi connectivity index (χ0v) is 12.4. The van der Waals surface area contributed by atoms with Crippen LogP contribution in [0.25, 0.3) is 0 Å². The second kappa shape index (κ2) is 7.72. The number of nitrogens with zero attached hydrogens (tertiary/aromatic N) is 1. The van der Waals surface area contributed by atoms with Crippen LogP contribution in [-0.2, 0) is 16.1 Å². The summed E-state index contributed by atoms with van der Waals surface area (Å²) in [4.78, 5) is 15.9. The number of nitrogens with one attached hydrogen (secondary N) is 1. The van der Waals surface area contributed by atoms with E-state index in [0.29, 0.717) is 18.0 Å². The molecule has 1 aromatic carbocycles. The summed E-state index contributed by atoms with van der Waals surface area (Å²) in [5, 5.41) is 4.65. The fraction of sp³-hybridized carbons (Fsp3) is 0.286. The zero-order valence-electron chi connectivity index (χ0n) is 11.6. The van der Waals surface area contributed by atoms with E-state index in [-0.39, 0.29) is 12.5 Å². The highest BCUT2D eigenvalue weighted by Crippen LogP contribution is 2.18. The van der Waals surface area contributed by atoms with Crippen molar-refractivity contribution in [3.05, 3.63) is 40.8 Å². The van der Waals surface area contributed by atoms with E-state index in [2.05, 4.69) is 10.3 Å². The first kappa shape index (κ1) is 15.4. The molecule has 0 bridgehead atoms. The van der Waals surface area contributed by atoms with Crippen molar-refractivity contribution in [2.75, 3.05) is 19.0 Å². The number of aromatic nitrogens is 1. The molecule has 2 aromatic rings. The van der Waals surface area contributed by atoms with Gasteiger partial charge in [0.25, 0.3) is 0 Å². The summed E-state index contributed by atoms with van der Waals surface area (Å²) in [7, 11) is 1.50. The maximum absolute atomic E-state index is 11.8. The Morgan fingerprint density at radius 2 is 2.38 bits per heavy atom. The molecule has 0 saturated heterocycles. The van der Waals surface area contributed by atoms with Crippen LogP contribution in [0.15, 0.2) is 35.2 Å². The lowest BCUT2D eigenvalue weighted by atomic mass is 10.2. The predicted molar refractivity (Wildman–Crippen MR) is 81.4 cm³/mol. The standard InChI is InChI=1S/C14H17N3O3S/c1-19-7-13(15)14(18)17-10-3-2-4-12(5-10)20-6-11-8-21-9-16-11/h2-5,8-9,13H,6-7,15H2,1H3,(H,17,18). The summed E-state index contributed by atoms with van der Waals surface area (Å²) >= 11 is 1.52. The largest absolute Gasteiger partial charge is 0.487 e. The molecular weight excluding hydrogens is 290 g/mol. The van der Waals surface area contributed by atoms with Gasteiger partial charge in [0.05, 0.1) is 17.8 Å². The summed E-state index contributed by atoms with van der Waals surface area (Å²) in [6.07, 6.45) is 0. The normalized spacial score (nSPS) is 11.9. The third kappa shape index (κ3) is 4.82. The third-order valence-electron chi connectivity index (χ3n) is 2.65. The first-order chi connectivity index (χ1) is 10.2. The van der Waals surface area contributed by atoms with Crippen LogP contribution in [0.2, 0.25) is 0 Å². The molecule has 6 nitrogen and oxygen atoms in total. The number of carbonyl (C=O) groups is 1. The average molecular weight is 307 g/mol. The SMILES string of the molecule is COCC(N)C(=O)Nc1cccc(OCc2cscn2)c1. The lowest BCUT2D eigenvalue weighted by Crippen LogP contribution is -2.39. The van der Waals surface area contributed by atoms with Crippen molar-refractivity contribution >= 4 is 22.9 Å². The number of thiazole rings is 1. The Labute approximate surface area is 126 Å². The van der Waals surface area contributed by atoms with Crippen LogP contribution in [0.1, 0.15) is 5.69 Å². The van der Waals surface area contributed by atoms with Crippen molar-refractivity contribution < 1.29 is 14.3 Å². The quantitative estimate of drug-likeness (QED) is 0.812. The van der Waals surface area contributed by atoms with Crippen molar-refractivity contribution in [2.24, 2.45) is 5.73 Å². The second-order valence-corrected chi connectivity index (χ2v) is 5.07. The van der Waals surface area contributed by atoms with E-state index >= 15 is 0 Å². The first-order valence-electron chi connectivity index (χ1n) is 6.34. The number of hydrogen-bond acceptors (Lipinski definition) is 6.